The predicted molar refractivity (Wildman–Crippen MR) is 54.7 cm³/mol. The molecule has 0 aliphatic heterocycles. The SMILES string of the molecule is CC(C)=CCC/C(C)=C\CC(=O)O. The molecule has 2 heteroatoms. The van der Waals surface area contributed by atoms with Crippen molar-refractivity contribution in [2.45, 2.75) is 40.0 Å². The van der Waals surface area contributed by atoms with Crippen molar-refractivity contribution in [1.82, 2.24) is 0 Å². The largest absolute Gasteiger partial charge is 0.481 e. The summed E-state index contributed by atoms with van der Waals surface area (Å²) in [6, 6.07) is 0. The molecule has 2 nitrogen and oxygen atoms in total. The van der Waals surface area contributed by atoms with Crippen LogP contribution in [0, 0.1) is 0 Å². The standard InChI is InChI=1S/C11H18O2/c1-9(2)5-4-6-10(3)7-8-11(12)13/h5,7H,4,6,8H2,1-3H3,(H,12,13)/b10-7-. The van der Waals surface area contributed by atoms with E-state index in [2.05, 4.69) is 19.9 Å². The van der Waals surface area contributed by atoms with Crippen LogP contribution in [0.25, 0.3) is 0 Å². The summed E-state index contributed by atoms with van der Waals surface area (Å²) in [5.41, 5.74) is 2.46. The number of carboxylic acid groups (broad SMARTS) is 1. The zero-order chi connectivity index (χ0) is 10.3. The van der Waals surface area contributed by atoms with Gasteiger partial charge in [-0.1, -0.05) is 23.3 Å². The number of aliphatic carboxylic acids is 1. The molecular weight excluding hydrogens is 164 g/mol. The molecule has 74 valence electrons. The van der Waals surface area contributed by atoms with Crippen molar-refractivity contribution in [2.24, 2.45) is 0 Å². The van der Waals surface area contributed by atoms with Gasteiger partial charge >= 0.3 is 5.97 Å². The molecule has 1 N–H and O–H groups in total. The first-order chi connectivity index (χ1) is 6.02. The lowest BCUT2D eigenvalue weighted by molar-refractivity contribution is -0.136. The zero-order valence-corrected chi connectivity index (χ0v) is 8.63. The number of hydrogen-bond donors (Lipinski definition) is 1. The second-order valence-corrected chi connectivity index (χ2v) is 3.47. The van der Waals surface area contributed by atoms with Crippen molar-refractivity contribution in [2.75, 3.05) is 0 Å². The Hall–Kier alpha value is -1.05. The van der Waals surface area contributed by atoms with E-state index in [9.17, 15) is 4.79 Å². The molecule has 0 aliphatic carbocycles. The van der Waals surface area contributed by atoms with Gasteiger partial charge in [0.1, 0.15) is 0 Å². The number of carbonyl (C=O) groups is 1. The van der Waals surface area contributed by atoms with Gasteiger partial charge in [0.2, 0.25) is 0 Å². The molecule has 0 unspecified atom stereocenters. The van der Waals surface area contributed by atoms with Crippen LogP contribution in [0.4, 0.5) is 0 Å². The lowest BCUT2D eigenvalue weighted by Crippen LogP contribution is -1.91. The van der Waals surface area contributed by atoms with Crippen LogP contribution < -0.4 is 0 Å². The fourth-order valence-electron chi connectivity index (χ4n) is 0.952. The van der Waals surface area contributed by atoms with Gasteiger partial charge < -0.3 is 5.11 Å². The third kappa shape index (κ3) is 8.86. The van der Waals surface area contributed by atoms with Gasteiger partial charge in [0.05, 0.1) is 6.42 Å². The smallest absolute Gasteiger partial charge is 0.307 e. The van der Waals surface area contributed by atoms with Crippen molar-refractivity contribution in [1.29, 1.82) is 0 Å². The Labute approximate surface area is 80.0 Å². The summed E-state index contributed by atoms with van der Waals surface area (Å²) in [5, 5.41) is 8.42. The number of rotatable bonds is 5. The Morgan fingerprint density at radius 1 is 1.23 bits per heavy atom. The topological polar surface area (TPSA) is 37.3 Å². The quantitative estimate of drug-likeness (QED) is 0.663. The fraction of sp³-hybridized carbons (Fsp3) is 0.545. The summed E-state index contributed by atoms with van der Waals surface area (Å²) in [6.07, 6.45) is 6.04. The Morgan fingerprint density at radius 2 is 1.85 bits per heavy atom. The second-order valence-electron chi connectivity index (χ2n) is 3.47. The molecule has 0 bridgehead atoms. The maximum Gasteiger partial charge on any atom is 0.307 e. The second kappa shape index (κ2) is 6.46. The summed E-state index contributed by atoms with van der Waals surface area (Å²) in [5.74, 6) is -0.762. The fourth-order valence-corrected chi connectivity index (χ4v) is 0.952. The summed E-state index contributed by atoms with van der Waals surface area (Å²) in [6.45, 7) is 6.11. The molecule has 0 amide bonds. The Kier molecular flexibility index (Phi) is 5.94. The van der Waals surface area contributed by atoms with Crippen LogP contribution in [0.1, 0.15) is 40.0 Å². The highest BCUT2D eigenvalue weighted by Crippen LogP contribution is 2.07. The third-order valence-electron chi connectivity index (χ3n) is 1.72. The normalized spacial score (nSPS) is 11.2. The average Bonchev–Trinajstić information content (AvgIpc) is 2.00. The van der Waals surface area contributed by atoms with Gasteiger partial charge in [-0.15, -0.1) is 0 Å². The van der Waals surface area contributed by atoms with Crippen molar-refractivity contribution in [3.05, 3.63) is 23.3 Å². The molecule has 0 fully saturated rings. The van der Waals surface area contributed by atoms with Gasteiger partial charge in [-0.05, 0) is 33.6 Å². The molecule has 0 radical (unpaired) electrons. The van der Waals surface area contributed by atoms with E-state index in [1.54, 1.807) is 6.08 Å². The van der Waals surface area contributed by atoms with Crippen molar-refractivity contribution in [3.8, 4) is 0 Å². The maximum atomic E-state index is 10.2. The summed E-state index contributed by atoms with van der Waals surface area (Å²) in [4.78, 5) is 10.2. The maximum absolute atomic E-state index is 10.2. The van der Waals surface area contributed by atoms with Crippen molar-refractivity contribution < 1.29 is 9.90 Å². The van der Waals surface area contributed by atoms with Crippen LogP contribution in [0.15, 0.2) is 23.3 Å². The molecule has 0 saturated carbocycles. The first-order valence-electron chi connectivity index (χ1n) is 4.53. The molecular formula is C11H18O2. The predicted octanol–water partition coefficient (Wildman–Crippen LogP) is 3.15. The Bertz CT molecular complexity index is 220. The van der Waals surface area contributed by atoms with Crippen molar-refractivity contribution >= 4 is 5.97 Å². The molecule has 0 aromatic rings. The Morgan fingerprint density at radius 3 is 2.31 bits per heavy atom. The van der Waals surface area contributed by atoms with E-state index in [1.165, 1.54) is 5.57 Å². The highest BCUT2D eigenvalue weighted by atomic mass is 16.4. The highest BCUT2D eigenvalue weighted by Gasteiger charge is 1.93. The lowest BCUT2D eigenvalue weighted by Gasteiger charge is -1.97. The first kappa shape index (κ1) is 11.9. The minimum absolute atomic E-state index is 0.140. The monoisotopic (exact) mass is 182 g/mol. The van der Waals surface area contributed by atoms with E-state index >= 15 is 0 Å². The Balaban J connectivity index is 3.73. The van der Waals surface area contributed by atoms with Crippen molar-refractivity contribution in [3.63, 3.8) is 0 Å². The van der Waals surface area contributed by atoms with E-state index in [1.807, 2.05) is 6.92 Å². The molecule has 0 aromatic carbocycles. The molecule has 0 rings (SSSR count). The van der Waals surface area contributed by atoms with E-state index in [0.717, 1.165) is 18.4 Å². The third-order valence-corrected chi connectivity index (χ3v) is 1.72. The van der Waals surface area contributed by atoms with Gasteiger partial charge in [0.15, 0.2) is 0 Å². The van der Waals surface area contributed by atoms with Gasteiger partial charge in [-0.3, -0.25) is 4.79 Å². The summed E-state index contributed by atoms with van der Waals surface area (Å²) in [7, 11) is 0. The van der Waals surface area contributed by atoms with Gasteiger partial charge in [-0.25, -0.2) is 0 Å². The van der Waals surface area contributed by atoms with E-state index in [0.29, 0.717) is 0 Å². The highest BCUT2D eigenvalue weighted by molar-refractivity contribution is 5.68. The lowest BCUT2D eigenvalue weighted by atomic mass is 10.1. The number of hydrogen-bond acceptors (Lipinski definition) is 1. The van der Waals surface area contributed by atoms with Gasteiger partial charge in [0.25, 0.3) is 0 Å². The number of allylic oxidation sites excluding steroid dienone is 3. The van der Waals surface area contributed by atoms with Crippen LogP contribution in [0.3, 0.4) is 0 Å². The van der Waals surface area contributed by atoms with Crippen LogP contribution >= 0.6 is 0 Å². The van der Waals surface area contributed by atoms with Crippen LogP contribution in [-0.2, 0) is 4.79 Å². The van der Waals surface area contributed by atoms with Crippen LogP contribution in [-0.4, -0.2) is 11.1 Å². The van der Waals surface area contributed by atoms with Gasteiger partial charge in [0, 0.05) is 0 Å². The van der Waals surface area contributed by atoms with Crippen LogP contribution in [0.2, 0.25) is 0 Å². The molecule has 0 aromatic heterocycles. The average molecular weight is 182 g/mol. The van der Waals surface area contributed by atoms with E-state index < -0.39 is 5.97 Å². The zero-order valence-electron chi connectivity index (χ0n) is 8.63. The van der Waals surface area contributed by atoms with Crippen LogP contribution in [0.5, 0.6) is 0 Å². The molecule has 0 spiro atoms. The first-order valence-corrected chi connectivity index (χ1v) is 4.53. The molecule has 0 aliphatic rings. The molecule has 0 atom stereocenters. The summed E-state index contributed by atoms with van der Waals surface area (Å²) >= 11 is 0. The molecule has 0 saturated heterocycles. The summed E-state index contributed by atoms with van der Waals surface area (Å²) < 4.78 is 0. The minimum Gasteiger partial charge on any atom is -0.481 e. The van der Waals surface area contributed by atoms with E-state index in [-0.39, 0.29) is 6.42 Å². The molecule has 0 heterocycles. The van der Waals surface area contributed by atoms with Gasteiger partial charge in [-0.2, -0.15) is 0 Å². The number of carboxylic acids is 1. The molecule has 13 heavy (non-hydrogen) atoms. The minimum atomic E-state index is -0.762. The van der Waals surface area contributed by atoms with E-state index in [4.69, 9.17) is 5.11 Å².